The lowest BCUT2D eigenvalue weighted by Gasteiger charge is -2.27. The maximum atomic E-state index is 12.6. The Morgan fingerprint density at radius 1 is 1.55 bits per heavy atom. The molecule has 1 heterocycles. The fourth-order valence-electron chi connectivity index (χ4n) is 2.36. The van der Waals surface area contributed by atoms with Gasteiger partial charge in [0.25, 0.3) is 5.91 Å². The summed E-state index contributed by atoms with van der Waals surface area (Å²) in [5, 5.41) is 18.1. The molecule has 1 saturated heterocycles. The highest BCUT2D eigenvalue weighted by atomic mass is 16.5. The number of anilines is 1. The van der Waals surface area contributed by atoms with Crippen LogP contribution >= 0.6 is 0 Å². The molecule has 0 radical (unpaired) electrons. The molecule has 0 aromatic heterocycles. The van der Waals surface area contributed by atoms with Crippen molar-refractivity contribution in [3.05, 3.63) is 29.8 Å². The summed E-state index contributed by atoms with van der Waals surface area (Å²) in [5.41, 5.74) is 0.943. The summed E-state index contributed by atoms with van der Waals surface area (Å²) in [5.74, 6) is -1.93. The number of carboxylic acids is 1. The van der Waals surface area contributed by atoms with E-state index in [4.69, 9.17) is 15.1 Å². The molecule has 2 unspecified atom stereocenters. The van der Waals surface area contributed by atoms with Gasteiger partial charge in [0.15, 0.2) is 0 Å². The van der Waals surface area contributed by atoms with E-state index in [2.05, 4.69) is 0 Å². The van der Waals surface area contributed by atoms with Crippen LogP contribution in [0.15, 0.2) is 24.3 Å². The van der Waals surface area contributed by atoms with Crippen LogP contribution in [-0.2, 0) is 14.3 Å². The Balaban J connectivity index is 2.29. The van der Waals surface area contributed by atoms with E-state index in [-0.39, 0.29) is 12.5 Å². The summed E-state index contributed by atoms with van der Waals surface area (Å²) >= 11 is 0. The van der Waals surface area contributed by atoms with E-state index in [0.29, 0.717) is 24.3 Å². The molecule has 0 spiro atoms. The number of hydrogen-bond acceptors (Lipinski definition) is 4. The zero-order valence-electron chi connectivity index (χ0n) is 12.4. The van der Waals surface area contributed by atoms with Crippen molar-refractivity contribution in [1.82, 2.24) is 0 Å². The highest BCUT2D eigenvalue weighted by Gasteiger charge is 2.31. The average Bonchev–Trinajstić information content (AvgIpc) is 3.06. The molecule has 6 heteroatoms. The predicted molar refractivity (Wildman–Crippen MR) is 79.3 cm³/mol. The van der Waals surface area contributed by atoms with Crippen LogP contribution in [0.1, 0.15) is 25.3 Å². The van der Waals surface area contributed by atoms with Gasteiger partial charge in [-0.1, -0.05) is 13.0 Å². The summed E-state index contributed by atoms with van der Waals surface area (Å²) in [6.45, 7) is 2.13. The zero-order valence-corrected chi connectivity index (χ0v) is 12.4. The molecule has 2 rings (SSSR count). The maximum absolute atomic E-state index is 12.6. The van der Waals surface area contributed by atoms with Gasteiger partial charge in [0.05, 0.1) is 17.6 Å². The molecule has 6 nitrogen and oxygen atoms in total. The second-order valence-corrected chi connectivity index (χ2v) is 5.35. The lowest BCUT2D eigenvalue weighted by molar-refractivity contribution is -0.140. The molecule has 1 aromatic carbocycles. The van der Waals surface area contributed by atoms with Crippen LogP contribution in [0, 0.1) is 17.2 Å². The molecule has 1 amide bonds. The summed E-state index contributed by atoms with van der Waals surface area (Å²) in [7, 11) is 0. The standard InChI is InChI=1S/C16H18N2O4/c1-11(16(20)21)10-18(15(19)14-6-3-7-22-14)13-5-2-4-12(8-13)9-17/h2,4-5,8,11,14H,3,6-7,10H2,1H3,(H,20,21). The van der Waals surface area contributed by atoms with Gasteiger partial charge < -0.3 is 14.7 Å². The molecule has 0 saturated carbocycles. The number of nitrogens with zero attached hydrogens (tertiary/aromatic N) is 2. The van der Waals surface area contributed by atoms with Gasteiger partial charge >= 0.3 is 5.97 Å². The topological polar surface area (TPSA) is 90.6 Å². The number of amides is 1. The van der Waals surface area contributed by atoms with Crippen molar-refractivity contribution in [3.8, 4) is 6.07 Å². The number of nitriles is 1. The fraction of sp³-hybridized carbons (Fsp3) is 0.438. The molecule has 1 N–H and O–H groups in total. The molecule has 1 aliphatic heterocycles. The van der Waals surface area contributed by atoms with E-state index < -0.39 is 18.0 Å². The van der Waals surface area contributed by atoms with Crippen molar-refractivity contribution in [1.29, 1.82) is 5.26 Å². The van der Waals surface area contributed by atoms with Crippen LogP contribution in [0.5, 0.6) is 0 Å². The van der Waals surface area contributed by atoms with E-state index in [1.807, 2.05) is 6.07 Å². The van der Waals surface area contributed by atoms with Gasteiger partial charge in [0.2, 0.25) is 0 Å². The van der Waals surface area contributed by atoms with E-state index in [1.165, 1.54) is 4.90 Å². The van der Waals surface area contributed by atoms with Crippen LogP contribution in [0.2, 0.25) is 0 Å². The first kappa shape index (κ1) is 16.0. The Labute approximate surface area is 128 Å². The van der Waals surface area contributed by atoms with E-state index in [1.54, 1.807) is 31.2 Å². The van der Waals surface area contributed by atoms with Crippen molar-refractivity contribution < 1.29 is 19.4 Å². The third-order valence-electron chi connectivity index (χ3n) is 3.64. The Morgan fingerprint density at radius 2 is 2.32 bits per heavy atom. The molecule has 1 aliphatic rings. The van der Waals surface area contributed by atoms with Gasteiger partial charge in [-0.05, 0) is 31.0 Å². The predicted octanol–water partition coefficient (Wildman–Crippen LogP) is 1.79. The highest BCUT2D eigenvalue weighted by molar-refractivity contribution is 5.97. The van der Waals surface area contributed by atoms with Crippen molar-refractivity contribution in [2.24, 2.45) is 5.92 Å². The second kappa shape index (κ2) is 7.05. The van der Waals surface area contributed by atoms with Gasteiger partial charge in [0, 0.05) is 18.8 Å². The fourth-order valence-corrected chi connectivity index (χ4v) is 2.36. The SMILES string of the molecule is CC(CN(C(=O)C1CCCO1)c1cccc(C#N)c1)C(=O)O. The number of aliphatic carboxylic acids is 1. The molecule has 0 aliphatic carbocycles. The normalized spacial score (nSPS) is 18.5. The van der Waals surface area contributed by atoms with Gasteiger partial charge in [-0.2, -0.15) is 5.26 Å². The Hall–Kier alpha value is -2.39. The highest BCUT2D eigenvalue weighted by Crippen LogP contribution is 2.22. The monoisotopic (exact) mass is 302 g/mol. The van der Waals surface area contributed by atoms with Crippen LogP contribution in [0.3, 0.4) is 0 Å². The van der Waals surface area contributed by atoms with Crippen molar-refractivity contribution in [3.63, 3.8) is 0 Å². The summed E-state index contributed by atoms with van der Waals surface area (Å²) < 4.78 is 5.41. The van der Waals surface area contributed by atoms with E-state index in [0.717, 1.165) is 6.42 Å². The van der Waals surface area contributed by atoms with Crippen molar-refractivity contribution in [2.75, 3.05) is 18.1 Å². The minimum absolute atomic E-state index is 0.0446. The molecule has 2 atom stereocenters. The first-order valence-corrected chi connectivity index (χ1v) is 7.19. The number of carboxylic acid groups (broad SMARTS) is 1. The minimum atomic E-state index is -0.971. The number of ether oxygens (including phenoxy) is 1. The zero-order chi connectivity index (χ0) is 16.1. The van der Waals surface area contributed by atoms with Crippen molar-refractivity contribution in [2.45, 2.75) is 25.9 Å². The molecule has 0 bridgehead atoms. The van der Waals surface area contributed by atoms with Gasteiger partial charge in [-0.25, -0.2) is 0 Å². The number of rotatable bonds is 5. The maximum Gasteiger partial charge on any atom is 0.308 e. The van der Waals surface area contributed by atoms with Crippen LogP contribution in [0.4, 0.5) is 5.69 Å². The third-order valence-corrected chi connectivity index (χ3v) is 3.64. The molecule has 1 aromatic rings. The molecular weight excluding hydrogens is 284 g/mol. The molecule has 1 fully saturated rings. The third kappa shape index (κ3) is 3.62. The number of carbonyl (C=O) groups is 2. The number of hydrogen-bond donors (Lipinski definition) is 1. The quantitative estimate of drug-likeness (QED) is 0.895. The minimum Gasteiger partial charge on any atom is -0.481 e. The second-order valence-electron chi connectivity index (χ2n) is 5.35. The summed E-state index contributed by atoms with van der Waals surface area (Å²) in [4.78, 5) is 25.2. The largest absolute Gasteiger partial charge is 0.481 e. The average molecular weight is 302 g/mol. The first-order valence-electron chi connectivity index (χ1n) is 7.19. The lowest BCUT2D eigenvalue weighted by atomic mass is 10.1. The summed E-state index contributed by atoms with van der Waals surface area (Å²) in [6, 6.07) is 8.62. The van der Waals surface area contributed by atoms with E-state index in [9.17, 15) is 9.59 Å². The van der Waals surface area contributed by atoms with E-state index >= 15 is 0 Å². The first-order chi connectivity index (χ1) is 10.5. The Bertz CT molecular complexity index is 602. The molecule has 116 valence electrons. The van der Waals surface area contributed by atoms with Gasteiger partial charge in [0.1, 0.15) is 6.10 Å². The van der Waals surface area contributed by atoms with Crippen LogP contribution in [-0.4, -0.2) is 36.2 Å². The van der Waals surface area contributed by atoms with Crippen LogP contribution < -0.4 is 4.90 Å². The summed E-state index contributed by atoms with van der Waals surface area (Å²) in [6.07, 6.45) is 0.915. The number of carbonyl (C=O) groups excluding carboxylic acids is 1. The number of benzene rings is 1. The van der Waals surface area contributed by atoms with Crippen molar-refractivity contribution >= 4 is 17.6 Å². The van der Waals surface area contributed by atoms with Crippen LogP contribution in [0.25, 0.3) is 0 Å². The molecule has 22 heavy (non-hydrogen) atoms. The van der Waals surface area contributed by atoms with Gasteiger partial charge in [-0.3, -0.25) is 9.59 Å². The lowest BCUT2D eigenvalue weighted by Crippen LogP contribution is -2.42. The smallest absolute Gasteiger partial charge is 0.308 e. The molecular formula is C16H18N2O4. The Kier molecular flexibility index (Phi) is 5.12. The van der Waals surface area contributed by atoms with Gasteiger partial charge in [-0.15, -0.1) is 0 Å². The Morgan fingerprint density at radius 3 is 2.91 bits per heavy atom.